The van der Waals surface area contributed by atoms with E-state index in [0.717, 1.165) is 22.4 Å². The first-order valence-corrected chi connectivity index (χ1v) is 7.52. The molecular formula is C18H22N4O. The Balaban J connectivity index is 2.62. The smallest absolute Gasteiger partial charge is 0.267 e. The number of aromatic amines is 1. The van der Waals surface area contributed by atoms with Crippen molar-refractivity contribution in [3.8, 4) is 0 Å². The summed E-state index contributed by atoms with van der Waals surface area (Å²) in [7, 11) is 0. The van der Waals surface area contributed by atoms with Gasteiger partial charge in [0, 0.05) is 17.3 Å². The minimum Gasteiger partial charge on any atom is -0.385 e. The number of aromatic nitrogens is 2. The Morgan fingerprint density at radius 2 is 2.04 bits per heavy atom. The van der Waals surface area contributed by atoms with Crippen LogP contribution in [0, 0.1) is 0 Å². The number of rotatable bonds is 5. The lowest BCUT2D eigenvalue weighted by atomic mass is 9.95. The van der Waals surface area contributed by atoms with E-state index in [0.29, 0.717) is 5.82 Å². The molecule has 0 aliphatic heterocycles. The highest BCUT2D eigenvalue weighted by molar-refractivity contribution is 5.93. The quantitative estimate of drug-likeness (QED) is 0.739. The monoisotopic (exact) mass is 310 g/mol. The molecule has 0 unspecified atom stereocenters. The molecule has 2 aromatic heterocycles. The van der Waals surface area contributed by atoms with E-state index in [4.69, 9.17) is 11.5 Å². The van der Waals surface area contributed by atoms with E-state index in [1.807, 2.05) is 51.1 Å². The number of nitrogens with two attached hydrogens (primary N) is 2. The van der Waals surface area contributed by atoms with Gasteiger partial charge in [-0.15, -0.1) is 0 Å². The zero-order valence-electron chi connectivity index (χ0n) is 13.6. The Labute approximate surface area is 136 Å². The third-order valence-corrected chi connectivity index (χ3v) is 3.51. The summed E-state index contributed by atoms with van der Waals surface area (Å²) in [5.74, 6) is 0.242. The zero-order chi connectivity index (χ0) is 17.0. The fraction of sp³-hybridized carbons (Fsp3) is 0.222. The summed E-state index contributed by atoms with van der Waals surface area (Å²) >= 11 is 0. The van der Waals surface area contributed by atoms with E-state index in [2.05, 4.69) is 9.97 Å². The van der Waals surface area contributed by atoms with Crippen LogP contribution < -0.4 is 11.5 Å². The van der Waals surface area contributed by atoms with Crippen LogP contribution in [0.25, 0.3) is 11.6 Å². The average molecular weight is 310 g/mol. The van der Waals surface area contributed by atoms with Crippen LogP contribution in [0.3, 0.4) is 0 Å². The van der Waals surface area contributed by atoms with E-state index in [1.54, 1.807) is 12.3 Å². The van der Waals surface area contributed by atoms with Gasteiger partial charge in [-0.25, -0.2) is 4.98 Å². The highest BCUT2D eigenvalue weighted by Crippen LogP contribution is 2.28. The second kappa shape index (κ2) is 6.96. The Kier molecular flexibility index (Phi) is 5.01. The van der Waals surface area contributed by atoms with Crippen molar-refractivity contribution in [3.05, 3.63) is 59.1 Å². The van der Waals surface area contributed by atoms with Gasteiger partial charge in [0.05, 0.1) is 5.69 Å². The molecule has 2 rings (SSSR count). The van der Waals surface area contributed by atoms with Crippen molar-refractivity contribution in [2.24, 2.45) is 5.73 Å². The SMILES string of the molecule is C/C=C\C(=C/c1cc[nH]c1N)c1ccc(C(N)=O)nc1C(C)C. The van der Waals surface area contributed by atoms with Gasteiger partial charge in [0.1, 0.15) is 11.5 Å². The number of H-pyrrole nitrogens is 1. The van der Waals surface area contributed by atoms with Gasteiger partial charge in [0.25, 0.3) is 5.91 Å². The molecule has 0 saturated heterocycles. The van der Waals surface area contributed by atoms with Crippen molar-refractivity contribution in [2.75, 3.05) is 5.73 Å². The fourth-order valence-corrected chi connectivity index (χ4v) is 2.38. The van der Waals surface area contributed by atoms with Gasteiger partial charge >= 0.3 is 0 Å². The summed E-state index contributed by atoms with van der Waals surface area (Å²) in [6.45, 7) is 6.03. The second-order valence-electron chi connectivity index (χ2n) is 5.59. The number of hydrogen-bond donors (Lipinski definition) is 3. The number of nitrogens with one attached hydrogen (secondary N) is 1. The predicted octanol–water partition coefficient (Wildman–Crippen LogP) is 3.33. The maximum absolute atomic E-state index is 11.4. The molecule has 0 aliphatic carbocycles. The van der Waals surface area contributed by atoms with Crippen LogP contribution in [0.5, 0.6) is 0 Å². The summed E-state index contributed by atoms with van der Waals surface area (Å²) in [5.41, 5.74) is 15.2. The molecule has 0 bridgehead atoms. The number of carbonyl (C=O) groups is 1. The van der Waals surface area contributed by atoms with E-state index < -0.39 is 5.91 Å². The summed E-state index contributed by atoms with van der Waals surface area (Å²) < 4.78 is 0. The molecule has 0 radical (unpaired) electrons. The van der Waals surface area contributed by atoms with Crippen molar-refractivity contribution in [2.45, 2.75) is 26.7 Å². The number of allylic oxidation sites excluding steroid dienone is 3. The van der Waals surface area contributed by atoms with Crippen LogP contribution >= 0.6 is 0 Å². The first kappa shape index (κ1) is 16.5. The number of nitrogen functional groups attached to an aromatic ring is 1. The fourth-order valence-electron chi connectivity index (χ4n) is 2.38. The van der Waals surface area contributed by atoms with Crippen LogP contribution in [0.2, 0.25) is 0 Å². The normalized spacial score (nSPS) is 12.3. The number of carbonyl (C=O) groups excluding carboxylic acids is 1. The van der Waals surface area contributed by atoms with Crippen LogP contribution in [-0.4, -0.2) is 15.9 Å². The van der Waals surface area contributed by atoms with E-state index >= 15 is 0 Å². The minimum atomic E-state index is -0.523. The van der Waals surface area contributed by atoms with Crippen molar-refractivity contribution >= 4 is 23.4 Å². The number of pyridine rings is 1. The molecule has 1 amide bonds. The molecule has 5 heteroatoms. The van der Waals surface area contributed by atoms with Crippen molar-refractivity contribution in [1.82, 2.24) is 9.97 Å². The van der Waals surface area contributed by atoms with Crippen molar-refractivity contribution in [3.63, 3.8) is 0 Å². The minimum absolute atomic E-state index is 0.154. The zero-order valence-corrected chi connectivity index (χ0v) is 13.6. The first-order chi connectivity index (χ1) is 10.9. The van der Waals surface area contributed by atoms with Gasteiger partial charge in [-0.05, 0) is 36.6 Å². The second-order valence-corrected chi connectivity index (χ2v) is 5.59. The number of hydrogen-bond acceptors (Lipinski definition) is 3. The molecule has 0 fully saturated rings. The van der Waals surface area contributed by atoms with Gasteiger partial charge < -0.3 is 16.5 Å². The number of primary amides is 1. The molecular weight excluding hydrogens is 288 g/mol. The molecule has 5 N–H and O–H groups in total. The van der Waals surface area contributed by atoms with Gasteiger partial charge in [-0.1, -0.05) is 32.1 Å². The molecule has 5 nitrogen and oxygen atoms in total. The Morgan fingerprint density at radius 1 is 1.30 bits per heavy atom. The first-order valence-electron chi connectivity index (χ1n) is 7.52. The van der Waals surface area contributed by atoms with Crippen LogP contribution in [0.4, 0.5) is 5.82 Å². The summed E-state index contributed by atoms with van der Waals surface area (Å²) in [6.07, 6.45) is 7.75. The third kappa shape index (κ3) is 3.69. The van der Waals surface area contributed by atoms with Crippen molar-refractivity contribution in [1.29, 1.82) is 0 Å². The van der Waals surface area contributed by atoms with Crippen LogP contribution in [0.15, 0.2) is 36.5 Å². The van der Waals surface area contributed by atoms with E-state index in [1.165, 1.54) is 0 Å². The Morgan fingerprint density at radius 3 is 2.57 bits per heavy atom. The molecule has 0 aliphatic rings. The molecule has 2 aromatic rings. The summed E-state index contributed by atoms with van der Waals surface area (Å²) in [4.78, 5) is 18.8. The molecule has 0 spiro atoms. The van der Waals surface area contributed by atoms with Gasteiger partial charge in [0.2, 0.25) is 0 Å². The third-order valence-electron chi connectivity index (χ3n) is 3.51. The van der Waals surface area contributed by atoms with E-state index in [-0.39, 0.29) is 11.6 Å². The highest BCUT2D eigenvalue weighted by atomic mass is 16.1. The molecule has 0 saturated carbocycles. The predicted molar refractivity (Wildman–Crippen MR) is 94.7 cm³/mol. The van der Waals surface area contributed by atoms with Gasteiger partial charge in [0.15, 0.2) is 0 Å². The molecule has 0 atom stereocenters. The highest BCUT2D eigenvalue weighted by Gasteiger charge is 2.14. The molecule has 120 valence electrons. The van der Waals surface area contributed by atoms with E-state index in [9.17, 15) is 4.79 Å². The molecule has 23 heavy (non-hydrogen) atoms. The lowest BCUT2D eigenvalue weighted by Gasteiger charge is -2.14. The number of nitrogens with zero attached hydrogens (tertiary/aromatic N) is 1. The Bertz CT molecular complexity index is 769. The Hall–Kier alpha value is -2.82. The average Bonchev–Trinajstić information content (AvgIpc) is 2.91. The van der Waals surface area contributed by atoms with Gasteiger partial charge in [-0.3, -0.25) is 4.79 Å². The number of amides is 1. The standard InChI is InChI=1S/C18H22N4O/c1-4-5-12(10-13-8-9-21-17(13)19)14-6-7-15(18(20)23)22-16(14)11(2)3/h4-11,21H,19H2,1-3H3,(H2,20,23)/b5-4-,12-10+. The summed E-state index contributed by atoms with van der Waals surface area (Å²) in [6, 6.07) is 5.46. The topological polar surface area (TPSA) is 97.8 Å². The lowest BCUT2D eigenvalue weighted by Crippen LogP contribution is -2.15. The number of anilines is 1. The van der Waals surface area contributed by atoms with Crippen LogP contribution in [-0.2, 0) is 0 Å². The molecule has 0 aromatic carbocycles. The van der Waals surface area contributed by atoms with Crippen LogP contribution in [0.1, 0.15) is 54.0 Å². The summed E-state index contributed by atoms with van der Waals surface area (Å²) in [5, 5.41) is 0. The lowest BCUT2D eigenvalue weighted by molar-refractivity contribution is 0.0995. The van der Waals surface area contributed by atoms with Crippen molar-refractivity contribution < 1.29 is 4.79 Å². The maximum Gasteiger partial charge on any atom is 0.267 e. The molecule has 2 heterocycles. The maximum atomic E-state index is 11.4. The van der Waals surface area contributed by atoms with Gasteiger partial charge in [-0.2, -0.15) is 0 Å². The largest absolute Gasteiger partial charge is 0.385 e.